The molecule has 2 N–H and O–H groups in total. The van der Waals surface area contributed by atoms with Gasteiger partial charge in [0.2, 0.25) is 5.91 Å². The van der Waals surface area contributed by atoms with Gasteiger partial charge in [-0.25, -0.2) is 4.79 Å². The van der Waals surface area contributed by atoms with Gasteiger partial charge in [-0.3, -0.25) is 4.79 Å². The van der Waals surface area contributed by atoms with Crippen LogP contribution in [0.15, 0.2) is 0 Å². The van der Waals surface area contributed by atoms with Crippen molar-refractivity contribution in [1.82, 2.24) is 5.32 Å². The Morgan fingerprint density at radius 2 is 2.08 bits per heavy atom. The highest BCUT2D eigenvalue weighted by Crippen LogP contribution is 2.08. The van der Waals surface area contributed by atoms with E-state index in [9.17, 15) is 9.59 Å². The first-order valence-corrected chi connectivity index (χ1v) is 4.10. The second-order valence-corrected chi connectivity index (χ2v) is 2.94. The van der Waals surface area contributed by atoms with E-state index in [1.807, 2.05) is 0 Å². The zero-order chi connectivity index (χ0) is 9.78. The van der Waals surface area contributed by atoms with Gasteiger partial charge < -0.3 is 10.4 Å². The fourth-order valence-electron chi connectivity index (χ4n) is 0.634. The standard InChI is InChI=1S/C7H12ClNO3/c1-3-7(2,6(11)12)9-5(10)4-8/h3-4H2,1-2H3,(H,9,10)(H,11,12)/t7-/m1/s1. The molecule has 0 bridgehead atoms. The van der Waals surface area contributed by atoms with Crippen molar-refractivity contribution in [3.05, 3.63) is 0 Å². The lowest BCUT2D eigenvalue weighted by molar-refractivity contribution is -0.146. The molecule has 1 amide bonds. The number of hydrogen-bond acceptors (Lipinski definition) is 2. The molecule has 0 fully saturated rings. The van der Waals surface area contributed by atoms with Crippen molar-refractivity contribution in [2.75, 3.05) is 5.88 Å². The van der Waals surface area contributed by atoms with E-state index in [2.05, 4.69) is 5.32 Å². The Labute approximate surface area is 75.9 Å². The molecule has 12 heavy (non-hydrogen) atoms. The van der Waals surface area contributed by atoms with Crippen molar-refractivity contribution in [1.29, 1.82) is 0 Å². The molecule has 0 spiro atoms. The zero-order valence-electron chi connectivity index (χ0n) is 7.06. The van der Waals surface area contributed by atoms with E-state index in [0.717, 1.165) is 0 Å². The van der Waals surface area contributed by atoms with E-state index in [0.29, 0.717) is 6.42 Å². The van der Waals surface area contributed by atoms with Crippen LogP contribution in [0.3, 0.4) is 0 Å². The summed E-state index contributed by atoms with van der Waals surface area (Å²) in [5.74, 6) is -1.74. The van der Waals surface area contributed by atoms with Gasteiger partial charge in [0.05, 0.1) is 0 Å². The summed E-state index contributed by atoms with van der Waals surface area (Å²) < 4.78 is 0. The first-order valence-electron chi connectivity index (χ1n) is 3.56. The Kier molecular flexibility index (Phi) is 4.03. The minimum absolute atomic E-state index is 0.219. The third-order valence-corrected chi connectivity index (χ3v) is 1.96. The highest BCUT2D eigenvalue weighted by molar-refractivity contribution is 6.27. The zero-order valence-corrected chi connectivity index (χ0v) is 7.81. The summed E-state index contributed by atoms with van der Waals surface area (Å²) in [6.45, 7) is 3.13. The molecule has 0 aromatic heterocycles. The van der Waals surface area contributed by atoms with Crippen LogP contribution in [0.1, 0.15) is 20.3 Å². The van der Waals surface area contributed by atoms with E-state index in [4.69, 9.17) is 16.7 Å². The molecule has 4 nitrogen and oxygen atoms in total. The number of carboxylic acid groups (broad SMARTS) is 1. The van der Waals surface area contributed by atoms with E-state index >= 15 is 0 Å². The van der Waals surface area contributed by atoms with Gasteiger partial charge in [-0.1, -0.05) is 6.92 Å². The van der Waals surface area contributed by atoms with Gasteiger partial charge in [-0.05, 0) is 13.3 Å². The third kappa shape index (κ3) is 2.70. The SMILES string of the molecule is CC[C@@](C)(NC(=O)CCl)C(=O)O. The number of hydrogen-bond donors (Lipinski definition) is 2. The third-order valence-electron chi connectivity index (χ3n) is 1.72. The molecule has 0 aromatic carbocycles. The number of carboxylic acids is 1. The molecular formula is C7H12ClNO3. The van der Waals surface area contributed by atoms with Crippen molar-refractivity contribution >= 4 is 23.5 Å². The maximum Gasteiger partial charge on any atom is 0.329 e. The predicted octanol–water partition coefficient (Wildman–Crippen LogP) is 0.595. The molecule has 0 aliphatic carbocycles. The summed E-state index contributed by atoms with van der Waals surface area (Å²) in [6, 6.07) is 0. The molecule has 70 valence electrons. The number of carbonyl (C=O) groups excluding carboxylic acids is 1. The summed E-state index contributed by atoms with van der Waals surface area (Å²) in [6.07, 6.45) is 0.324. The van der Waals surface area contributed by atoms with Gasteiger partial charge in [-0.2, -0.15) is 0 Å². The van der Waals surface area contributed by atoms with E-state index in [1.165, 1.54) is 6.92 Å². The van der Waals surface area contributed by atoms with Crippen LogP contribution in [0.5, 0.6) is 0 Å². The maximum atomic E-state index is 10.8. The summed E-state index contributed by atoms with van der Waals surface area (Å²) in [5, 5.41) is 11.0. The van der Waals surface area contributed by atoms with Gasteiger partial charge in [0, 0.05) is 0 Å². The number of amides is 1. The Morgan fingerprint density at radius 1 is 1.58 bits per heavy atom. The molecular weight excluding hydrogens is 182 g/mol. The molecule has 0 saturated heterocycles. The average Bonchev–Trinajstić information content (AvgIpc) is 2.03. The van der Waals surface area contributed by atoms with E-state index in [1.54, 1.807) is 6.92 Å². The van der Waals surface area contributed by atoms with Crippen LogP contribution >= 0.6 is 11.6 Å². The minimum atomic E-state index is -1.20. The van der Waals surface area contributed by atoms with Gasteiger partial charge in [0.15, 0.2) is 0 Å². The lowest BCUT2D eigenvalue weighted by Gasteiger charge is -2.23. The van der Waals surface area contributed by atoms with Crippen molar-refractivity contribution in [2.24, 2.45) is 0 Å². The summed E-state index contributed by atoms with van der Waals surface area (Å²) in [4.78, 5) is 21.4. The number of aliphatic carboxylic acids is 1. The van der Waals surface area contributed by atoms with E-state index < -0.39 is 17.4 Å². The van der Waals surface area contributed by atoms with E-state index in [-0.39, 0.29) is 5.88 Å². The average molecular weight is 194 g/mol. The first kappa shape index (κ1) is 11.2. The quantitative estimate of drug-likeness (QED) is 0.643. The molecule has 0 saturated carbocycles. The highest BCUT2D eigenvalue weighted by atomic mass is 35.5. The molecule has 0 aromatic rings. The fourth-order valence-corrected chi connectivity index (χ4v) is 0.701. The fraction of sp³-hybridized carbons (Fsp3) is 0.714. The smallest absolute Gasteiger partial charge is 0.329 e. The molecule has 0 aliphatic heterocycles. The Hall–Kier alpha value is -0.770. The Bertz CT molecular complexity index is 195. The summed E-state index contributed by atoms with van der Waals surface area (Å²) >= 11 is 5.21. The highest BCUT2D eigenvalue weighted by Gasteiger charge is 2.32. The number of alkyl halides is 1. The van der Waals surface area contributed by atoms with Crippen LogP contribution in [0.25, 0.3) is 0 Å². The summed E-state index contributed by atoms with van der Waals surface area (Å²) in [7, 11) is 0. The van der Waals surface area contributed by atoms with Crippen LogP contribution in [-0.4, -0.2) is 28.4 Å². The van der Waals surface area contributed by atoms with Gasteiger partial charge in [-0.15, -0.1) is 11.6 Å². The molecule has 1 atom stereocenters. The first-order chi connectivity index (χ1) is 5.46. The minimum Gasteiger partial charge on any atom is -0.480 e. The normalized spacial score (nSPS) is 14.9. The van der Waals surface area contributed by atoms with Crippen LogP contribution in [0.4, 0.5) is 0 Å². The van der Waals surface area contributed by atoms with Crippen molar-refractivity contribution in [3.8, 4) is 0 Å². The van der Waals surface area contributed by atoms with Gasteiger partial charge in [0.25, 0.3) is 0 Å². The molecule has 5 heteroatoms. The van der Waals surface area contributed by atoms with Crippen LogP contribution < -0.4 is 5.32 Å². The number of carbonyl (C=O) groups is 2. The van der Waals surface area contributed by atoms with Gasteiger partial charge in [0.1, 0.15) is 11.4 Å². The van der Waals surface area contributed by atoms with Crippen LogP contribution in [-0.2, 0) is 9.59 Å². The lowest BCUT2D eigenvalue weighted by atomic mass is 9.99. The van der Waals surface area contributed by atoms with Crippen molar-refractivity contribution in [3.63, 3.8) is 0 Å². The molecule has 0 aliphatic rings. The lowest BCUT2D eigenvalue weighted by Crippen LogP contribution is -2.52. The molecule has 0 heterocycles. The van der Waals surface area contributed by atoms with Crippen molar-refractivity contribution < 1.29 is 14.7 Å². The second-order valence-electron chi connectivity index (χ2n) is 2.67. The van der Waals surface area contributed by atoms with Crippen LogP contribution in [0, 0.1) is 0 Å². The Morgan fingerprint density at radius 3 is 2.33 bits per heavy atom. The Balaban J connectivity index is 4.34. The molecule has 0 radical (unpaired) electrons. The monoisotopic (exact) mass is 193 g/mol. The largest absolute Gasteiger partial charge is 0.480 e. The molecule has 0 unspecified atom stereocenters. The number of rotatable bonds is 4. The van der Waals surface area contributed by atoms with Crippen molar-refractivity contribution in [2.45, 2.75) is 25.8 Å². The predicted molar refractivity (Wildman–Crippen MR) is 45.2 cm³/mol. The van der Waals surface area contributed by atoms with Crippen LogP contribution in [0.2, 0.25) is 0 Å². The second kappa shape index (κ2) is 4.30. The van der Waals surface area contributed by atoms with Gasteiger partial charge >= 0.3 is 5.97 Å². The number of halogens is 1. The maximum absolute atomic E-state index is 10.8. The topological polar surface area (TPSA) is 66.4 Å². The molecule has 0 rings (SSSR count). The summed E-state index contributed by atoms with van der Waals surface area (Å²) in [5.41, 5.74) is -1.20. The number of nitrogens with one attached hydrogen (secondary N) is 1.